The Morgan fingerprint density at radius 3 is 2.63 bits per heavy atom. The van der Waals surface area contributed by atoms with Crippen LogP contribution in [0.25, 0.3) is 0 Å². The maximum atomic E-state index is 12.7. The van der Waals surface area contributed by atoms with Crippen molar-refractivity contribution in [3.63, 3.8) is 0 Å². The molecule has 35 heavy (non-hydrogen) atoms. The lowest BCUT2D eigenvalue weighted by atomic mass is 9.97. The van der Waals surface area contributed by atoms with E-state index in [1.54, 1.807) is 30.7 Å². The fourth-order valence-corrected chi connectivity index (χ4v) is 4.86. The summed E-state index contributed by atoms with van der Waals surface area (Å²) in [5.74, 6) is 1.25. The van der Waals surface area contributed by atoms with E-state index in [-0.39, 0.29) is 24.3 Å². The van der Waals surface area contributed by atoms with Gasteiger partial charge in [-0.25, -0.2) is 4.98 Å². The molecule has 0 unspecified atom stereocenters. The number of methoxy groups -OCH3 is 1. The zero-order chi connectivity index (χ0) is 24.5. The summed E-state index contributed by atoms with van der Waals surface area (Å²) in [7, 11) is 1.62. The number of thiazole rings is 1. The Bertz CT molecular complexity index is 991. The number of anilines is 1. The van der Waals surface area contributed by atoms with Gasteiger partial charge in [-0.3, -0.25) is 9.59 Å². The topological polar surface area (TPSA) is 108 Å². The van der Waals surface area contributed by atoms with Gasteiger partial charge in [0, 0.05) is 43.3 Å². The quantitative estimate of drug-likeness (QED) is 0.464. The molecule has 2 amide bonds. The number of likely N-dealkylation sites (tertiary alicyclic amines) is 1. The van der Waals surface area contributed by atoms with Gasteiger partial charge in [0.1, 0.15) is 25.5 Å². The van der Waals surface area contributed by atoms with Crippen molar-refractivity contribution < 1.29 is 33.3 Å². The molecular weight excluding hydrogens is 474 g/mol. The molecule has 1 fully saturated rings. The second-order valence-electron chi connectivity index (χ2n) is 8.20. The summed E-state index contributed by atoms with van der Waals surface area (Å²) in [6, 6.07) is 5.32. The predicted molar refractivity (Wildman–Crippen MR) is 130 cm³/mol. The number of hydrogen-bond donors (Lipinski definition) is 1. The van der Waals surface area contributed by atoms with E-state index in [0.29, 0.717) is 75.6 Å². The number of carbonyl (C=O) groups excluding carboxylic acids is 2. The molecule has 1 aromatic carbocycles. The number of fused-ring (bicyclic) bond motifs is 1. The van der Waals surface area contributed by atoms with Gasteiger partial charge in [-0.1, -0.05) is 0 Å². The normalized spacial score (nSPS) is 15.7. The fraction of sp³-hybridized carbons (Fsp3) is 0.542. The third-order valence-electron chi connectivity index (χ3n) is 5.78. The van der Waals surface area contributed by atoms with Crippen molar-refractivity contribution in [3.8, 4) is 11.5 Å². The molecule has 2 aliphatic rings. The van der Waals surface area contributed by atoms with Gasteiger partial charge in [0.05, 0.1) is 31.4 Å². The largest absolute Gasteiger partial charge is 0.486 e. The molecule has 0 spiro atoms. The molecule has 1 N–H and O–H groups in total. The molecule has 1 aromatic heterocycles. The Balaban J connectivity index is 1.20. The molecule has 0 bridgehead atoms. The molecular formula is C24H31N3O7S. The summed E-state index contributed by atoms with van der Waals surface area (Å²) in [5.41, 5.74) is 1.02. The van der Waals surface area contributed by atoms with E-state index in [4.69, 9.17) is 23.7 Å². The Morgan fingerprint density at radius 1 is 1.09 bits per heavy atom. The van der Waals surface area contributed by atoms with Crippen LogP contribution < -0.4 is 14.8 Å². The highest BCUT2D eigenvalue weighted by Gasteiger charge is 2.26. The zero-order valence-corrected chi connectivity index (χ0v) is 20.6. The molecule has 0 atom stereocenters. The number of rotatable bonds is 11. The smallest absolute Gasteiger partial charge is 0.275 e. The van der Waals surface area contributed by atoms with E-state index in [9.17, 15) is 9.59 Å². The van der Waals surface area contributed by atoms with E-state index in [1.807, 2.05) is 4.90 Å². The number of nitrogens with one attached hydrogen (secondary N) is 1. The first-order valence-corrected chi connectivity index (χ1v) is 12.6. The minimum atomic E-state index is -0.264. The average molecular weight is 506 g/mol. The molecule has 0 radical (unpaired) electrons. The van der Waals surface area contributed by atoms with Crippen LogP contribution in [-0.4, -0.2) is 88.1 Å². The molecule has 3 heterocycles. The lowest BCUT2D eigenvalue weighted by Crippen LogP contribution is -2.40. The number of piperidine rings is 1. The van der Waals surface area contributed by atoms with Crippen molar-refractivity contribution in [2.24, 2.45) is 0 Å². The average Bonchev–Trinajstić information content (AvgIpc) is 3.39. The molecule has 10 nitrogen and oxygen atoms in total. The van der Waals surface area contributed by atoms with Gasteiger partial charge in [-0.15, -0.1) is 11.3 Å². The number of carbonyl (C=O) groups is 2. The highest BCUT2D eigenvalue weighted by molar-refractivity contribution is 7.10. The summed E-state index contributed by atoms with van der Waals surface area (Å²) in [4.78, 5) is 31.5. The summed E-state index contributed by atoms with van der Waals surface area (Å²) >= 11 is 1.48. The van der Waals surface area contributed by atoms with Gasteiger partial charge in [0.25, 0.3) is 5.91 Å². The SMILES string of the molecule is COCCOCCOCC(=O)N1CCC(c2nc(C(=O)Nc3ccc4c(c3)OCCO4)cs2)CC1. The van der Waals surface area contributed by atoms with Crippen molar-refractivity contribution in [1.29, 1.82) is 0 Å². The molecule has 2 aliphatic heterocycles. The number of amides is 2. The minimum Gasteiger partial charge on any atom is -0.486 e. The van der Waals surface area contributed by atoms with E-state index >= 15 is 0 Å². The maximum Gasteiger partial charge on any atom is 0.275 e. The number of hydrogen-bond acceptors (Lipinski definition) is 9. The summed E-state index contributed by atoms with van der Waals surface area (Å²) in [5, 5.41) is 5.58. The number of ether oxygens (including phenoxy) is 5. The monoisotopic (exact) mass is 505 g/mol. The molecule has 190 valence electrons. The number of aromatic nitrogens is 1. The first kappa shape index (κ1) is 25.4. The van der Waals surface area contributed by atoms with Gasteiger partial charge < -0.3 is 33.9 Å². The Labute approximate surface area is 208 Å². The first-order chi connectivity index (χ1) is 17.1. The second kappa shape index (κ2) is 12.8. The standard InChI is InChI=1S/C24H31N3O7S/c1-30-8-9-31-10-11-32-15-22(28)27-6-4-17(5-7-27)24-26-19(16-35-24)23(29)25-18-2-3-20-21(14-18)34-13-12-33-20/h2-3,14,16-17H,4-13,15H2,1H3,(H,25,29). The van der Waals surface area contributed by atoms with Crippen LogP contribution in [0.2, 0.25) is 0 Å². The van der Waals surface area contributed by atoms with Crippen molar-refractivity contribution in [1.82, 2.24) is 9.88 Å². The van der Waals surface area contributed by atoms with Crippen LogP contribution in [0, 0.1) is 0 Å². The second-order valence-corrected chi connectivity index (χ2v) is 9.09. The van der Waals surface area contributed by atoms with Crippen molar-refractivity contribution in [2.75, 3.05) is 71.8 Å². The van der Waals surface area contributed by atoms with E-state index < -0.39 is 0 Å². The van der Waals surface area contributed by atoms with Gasteiger partial charge >= 0.3 is 0 Å². The van der Waals surface area contributed by atoms with Gasteiger partial charge in [-0.2, -0.15) is 0 Å². The van der Waals surface area contributed by atoms with Crippen LogP contribution in [0.15, 0.2) is 23.6 Å². The summed E-state index contributed by atoms with van der Waals surface area (Å²) < 4.78 is 26.7. The lowest BCUT2D eigenvalue weighted by molar-refractivity contribution is -0.137. The van der Waals surface area contributed by atoms with Crippen molar-refractivity contribution >= 4 is 28.8 Å². The minimum absolute atomic E-state index is 0.0148. The predicted octanol–water partition coefficient (Wildman–Crippen LogP) is 2.55. The van der Waals surface area contributed by atoms with E-state index in [1.165, 1.54) is 11.3 Å². The van der Waals surface area contributed by atoms with Crippen LogP contribution in [0.4, 0.5) is 5.69 Å². The Kier molecular flexibility index (Phi) is 9.29. The molecule has 1 saturated heterocycles. The summed E-state index contributed by atoms with van der Waals surface area (Å²) in [6.45, 7) is 4.23. The molecule has 2 aromatic rings. The van der Waals surface area contributed by atoms with Crippen LogP contribution in [-0.2, 0) is 19.0 Å². The third-order valence-corrected chi connectivity index (χ3v) is 6.79. The van der Waals surface area contributed by atoms with Gasteiger partial charge in [0.2, 0.25) is 5.91 Å². The molecule has 11 heteroatoms. The fourth-order valence-electron chi connectivity index (χ4n) is 3.88. The molecule has 0 saturated carbocycles. The highest BCUT2D eigenvalue weighted by Crippen LogP contribution is 2.33. The number of nitrogens with zero attached hydrogens (tertiary/aromatic N) is 2. The molecule has 4 rings (SSSR count). The Hall–Kier alpha value is -2.73. The number of benzene rings is 1. The van der Waals surface area contributed by atoms with Crippen molar-refractivity contribution in [2.45, 2.75) is 18.8 Å². The first-order valence-electron chi connectivity index (χ1n) is 11.7. The van der Waals surface area contributed by atoms with E-state index in [0.717, 1.165) is 17.8 Å². The van der Waals surface area contributed by atoms with Gasteiger partial charge in [-0.05, 0) is 25.0 Å². The Morgan fingerprint density at radius 2 is 1.83 bits per heavy atom. The zero-order valence-electron chi connectivity index (χ0n) is 19.8. The highest BCUT2D eigenvalue weighted by atomic mass is 32.1. The van der Waals surface area contributed by atoms with Crippen LogP contribution in [0.1, 0.15) is 34.3 Å². The van der Waals surface area contributed by atoms with Gasteiger partial charge in [0.15, 0.2) is 11.5 Å². The van der Waals surface area contributed by atoms with E-state index in [2.05, 4.69) is 10.3 Å². The molecule has 0 aliphatic carbocycles. The summed E-state index contributed by atoms with van der Waals surface area (Å²) in [6.07, 6.45) is 1.62. The van der Waals surface area contributed by atoms with Crippen LogP contribution in [0.5, 0.6) is 11.5 Å². The lowest BCUT2D eigenvalue weighted by Gasteiger charge is -2.31. The van der Waals surface area contributed by atoms with Crippen molar-refractivity contribution in [3.05, 3.63) is 34.3 Å². The van der Waals surface area contributed by atoms with Crippen LogP contribution >= 0.6 is 11.3 Å². The maximum absolute atomic E-state index is 12.7. The van der Waals surface area contributed by atoms with Crippen LogP contribution in [0.3, 0.4) is 0 Å². The third kappa shape index (κ3) is 7.14.